The Kier molecular flexibility index (Phi) is 3.93. The van der Waals surface area contributed by atoms with Gasteiger partial charge in [-0.1, -0.05) is 17.7 Å². The quantitative estimate of drug-likeness (QED) is 0.496. The van der Waals surface area contributed by atoms with Gasteiger partial charge in [-0.15, -0.1) is 22.9 Å². The summed E-state index contributed by atoms with van der Waals surface area (Å²) in [5.74, 6) is 0. The Hall–Kier alpha value is 0.230. The molecule has 1 aromatic carbocycles. The van der Waals surface area contributed by atoms with E-state index in [1.165, 1.54) is 0 Å². The van der Waals surface area contributed by atoms with Crippen LogP contribution in [0.1, 0.15) is 15.8 Å². The van der Waals surface area contributed by atoms with E-state index in [0.717, 1.165) is 19.0 Å². The molecule has 1 unspecified atom stereocenters. The Balaban J connectivity index is 2.41. The average Bonchev–Trinajstić information content (AvgIpc) is 2.74. The normalized spacial score (nSPS) is 12.7. The first-order valence-electron chi connectivity index (χ1n) is 4.31. The predicted octanol–water partition coefficient (Wildman–Crippen LogP) is 5.33. The van der Waals surface area contributed by atoms with Gasteiger partial charge in [-0.3, -0.25) is 0 Å². The second-order valence-corrected chi connectivity index (χ2v) is 6.06. The molecule has 1 aromatic heterocycles. The molecule has 1 atom stereocenters. The molecule has 0 aliphatic rings. The van der Waals surface area contributed by atoms with E-state index in [1.807, 2.05) is 35.7 Å². The molecule has 78 valence electrons. The van der Waals surface area contributed by atoms with Crippen LogP contribution in [0.2, 0.25) is 5.02 Å². The van der Waals surface area contributed by atoms with E-state index >= 15 is 0 Å². The average molecular weight is 369 g/mol. The van der Waals surface area contributed by atoms with E-state index in [1.54, 1.807) is 11.3 Å². The lowest BCUT2D eigenvalue weighted by Gasteiger charge is -2.10. The van der Waals surface area contributed by atoms with E-state index < -0.39 is 0 Å². The van der Waals surface area contributed by atoms with Gasteiger partial charge in [0.15, 0.2) is 0 Å². The Labute approximate surface area is 116 Å². The zero-order valence-corrected chi connectivity index (χ0v) is 12.1. The van der Waals surface area contributed by atoms with Gasteiger partial charge in [-0.25, -0.2) is 0 Å². The molecule has 0 saturated carbocycles. The van der Waals surface area contributed by atoms with Gasteiger partial charge in [-0.05, 0) is 57.8 Å². The highest BCUT2D eigenvalue weighted by atomic mass is 127. The maximum Gasteiger partial charge on any atom is 0.0938 e. The van der Waals surface area contributed by atoms with E-state index in [0.29, 0.717) is 0 Å². The summed E-state index contributed by atoms with van der Waals surface area (Å²) in [6, 6.07) is 9.85. The number of hydrogen-bond acceptors (Lipinski definition) is 1. The molecule has 0 N–H and O–H groups in total. The van der Waals surface area contributed by atoms with Crippen LogP contribution in [0.5, 0.6) is 0 Å². The van der Waals surface area contributed by atoms with Crippen molar-refractivity contribution < 1.29 is 0 Å². The largest absolute Gasteiger partial charge is 0.147 e. The number of hydrogen-bond donors (Lipinski definition) is 0. The molecule has 0 radical (unpaired) electrons. The van der Waals surface area contributed by atoms with Crippen LogP contribution in [0.25, 0.3) is 0 Å². The zero-order chi connectivity index (χ0) is 10.8. The van der Waals surface area contributed by atoms with Gasteiger partial charge in [0.05, 0.1) is 5.38 Å². The van der Waals surface area contributed by atoms with E-state index in [4.69, 9.17) is 23.2 Å². The Morgan fingerprint density at radius 1 is 1.27 bits per heavy atom. The number of halogens is 3. The van der Waals surface area contributed by atoms with Crippen molar-refractivity contribution >= 4 is 57.1 Å². The maximum absolute atomic E-state index is 6.40. The van der Waals surface area contributed by atoms with Crippen LogP contribution < -0.4 is 0 Å². The summed E-state index contributed by atoms with van der Waals surface area (Å²) in [6.07, 6.45) is 0. The molecule has 0 nitrogen and oxygen atoms in total. The van der Waals surface area contributed by atoms with Crippen LogP contribution in [0, 0.1) is 3.57 Å². The summed E-state index contributed by atoms with van der Waals surface area (Å²) >= 11 is 16.3. The first-order chi connectivity index (χ1) is 7.18. The molecule has 4 heteroatoms. The monoisotopic (exact) mass is 368 g/mol. The minimum atomic E-state index is -0.101. The first kappa shape index (κ1) is 11.7. The minimum Gasteiger partial charge on any atom is -0.147 e. The van der Waals surface area contributed by atoms with Crippen molar-refractivity contribution in [2.45, 2.75) is 5.38 Å². The summed E-state index contributed by atoms with van der Waals surface area (Å²) in [4.78, 5) is 1.15. The molecule has 0 spiro atoms. The van der Waals surface area contributed by atoms with Crippen molar-refractivity contribution in [3.63, 3.8) is 0 Å². The molecule has 0 fully saturated rings. The SMILES string of the molecule is Clc1ccc(I)c(C(Cl)c2cccs2)c1. The summed E-state index contributed by atoms with van der Waals surface area (Å²) in [5, 5.41) is 2.66. The fraction of sp³-hybridized carbons (Fsp3) is 0.0909. The van der Waals surface area contributed by atoms with Crippen LogP contribution in [0.3, 0.4) is 0 Å². The van der Waals surface area contributed by atoms with E-state index in [-0.39, 0.29) is 5.38 Å². The van der Waals surface area contributed by atoms with E-state index in [9.17, 15) is 0 Å². The van der Waals surface area contributed by atoms with Crippen LogP contribution in [-0.4, -0.2) is 0 Å². The highest BCUT2D eigenvalue weighted by molar-refractivity contribution is 14.1. The van der Waals surface area contributed by atoms with Gasteiger partial charge in [-0.2, -0.15) is 0 Å². The second kappa shape index (κ2) is 5.04. The third-order valence-corrected chi connectivity index (χ3v) is 4.78. The standard InChI is InChI=1S/C11H7Cl2IS/c12-7-3-4-9(14)8(6-7)11(13)10-2-1-5-15-10/h1-6,11H. The molecule has 2 aromatic rings. The van der Waals surface area contributed by atoms with Gasteiger partial charge in [0.25, 0.3) is 0 Å². The highest BCUT2D eigenvalue weighted by Gasteiger charge is 2.14. The lowest BCUT2D eigenvalue weighted by molar-refractivity contribution is 1.17. The van der Waals surface area contributed by atoms with E-state index in [2.05, 4.69) is 22.6 Å². The second-order valence-electron chi connectivity index (χ2n) is 3.04. The highest BCUT2D eigenvalue weighted by Crippen LogP contribution is 2.35. The number of benzene rings is 1. The molecular formula is C11H7Cl2IS. The van der Waals surface area contributed by atoms with Crippen LogP contribution >= 0.6 is 57.1 Å². The van der Waals surface area contributed by atoms with Gasteiger partial charge >= 0.3 is 0 Å². The van der Waals surface area contributed by atoms with Gasteiger partial charge in [0.2, 0.25) is 0 Å². The fourth-order valence-corrected chi connectivity index (χ4v) is 3.43. The summed E-state index contributed by atoms with van der Waals surface area (Å²) in [5.41, 5.74) is 1.08. The molecule has 0 bridgehead atoms. The maximum atomic E-state index is 6.40. The smallest absolute Gasteiger partial charge is 0.0938 e. The molecule has 15 heavy (non-hydrogen) atoms. The Morgan fingerprint density at radius 3 is 2.73 bits per heavy atom. The minimum absolute atomic E-state index is 0.101. The third-order valence-electron chi connectivity index (χ3n) is 2.02. The lowest BCUT2D eigenvalue weighted by Crippen LogP contribution is -1.93. The van der Waals surface area contributed by atoms with Crippen molar-refractivity contribution in [2.75, 3.05) is 0 Å². The molecule has 0 amide bonds. The summed E-state index contributed by atoms with van der Waals surface area (Å²) in [6.45, 7) is 0. The molecule has 1 heterocycles. The van der Waals surface area contributed by atoms with Crippen LogP contribution in [0.4, 0.5) is 0 Å². The van der Waals surface area contributed by atoms with Gasteiger partial charge in [0, 0.05) is 13.5 Å². The number of alkyl halides is 1. The number of thiophene rings is 1. The Morgan fingerprint density at radius 2 is 2.07 bits per heavy atom. The topological polar surface area (TPSA) is 0 Å². The summed E-state index contributed by atoms with van der Waals surface area (Å²) < 4.78 is 1.14. The van der Waals surface area contributed by atoms with Gasteiger partial charge in [0.1, 0.15) is 0 Å². The first-order valence-corrected chi connectivity index (χ1v) is 7.08. The molecule has 0 saturated heterocycles. The lowest BCUT2D eigenvalue weighted by atomic mass is 10.1. The van der Waals surface area contributed by atoms with Crippen LogP contribution in [0.15, 0.2) is 35.7 Å². The van der Waals surface area contributed by atoms with Gasteiger partial charge < -0.3 is 0 Å². The number of rotatable bonds is 2. The van der Waals surface area contributed by atoms with Crippen molar-refractivity contribution in [1.82, 2.24) is 0 Å². The molecule has 2 rings (SSSR count). The molecule has 0 aliphatic carbocycles. The van der Waals surface area contributed by atoms with Crippen molar-refractivity contribution in [3.05, 3.63) is 54.7 Å². The zero-order valence-electron chi connectivity index (χ0n) is 7.58. The predicted molar refractivity (Wildman–Crippen MR) is 76.2 cm³/mol. The van der Waals surface area contributed by atoms with Crippen molar-refractivity contribution in [2.24, 2.45) is 0 Å². The summed E-state index contributed by atoms with van der Waals surface area (Å²) in [7, 11) is 0. The Bertz CT molecular complexity index is 454. The van der Waals surface area contributed by atoms with Crippen LogP contribution in [-0.2, 0) is 0 Å². The fourth-order valence-electron chi connectivity index (χ4n) is 1.30. The van der Waals surface area contributed by atoms with Crippen molar-refractivity contribution in [3.8, 4) is 0 Å². The van der Waals surface area contributed by atoms with Crippen molar-refractivity contribution in [1.29, 1.82) is 0 Å². The third kappa shape index (κ3) is 2.67. The molecular weight excluding hydrogens is 362 g/mol. The molecule has 0 aliphatic heterocycles.